The number of hydrogen-bond donors (Lipinski definition) is 1. The van der Waals surface area contributed by atoms with Gasteiger partial charge in [0.15, 0.2) is 0 Å². The third-order valence-electron chi connectivity index (χ3n) is 3.43. The van der Waals surface area contributed by atoms with Gasteiger partial charge < -0.3 is 5.32 Å². The highest BCUT2D eigenvalue weighted by Gasteiger charge is 2.33. The third kappa shape index (κ3) is 2.96. The highest BCUT2D eigenvalue weighted by molar-refractivity contribution is 7.89. The lowest BCUT2D eigenvalue weighted by molar-refractivity contribution is 0.331. The summed E-state index contributed by atoms with van der Waals surface area (Å²) < 4.78 is 26.5. The van der Waals surface area contributed by atoms with Crippen molar-refractivity contribution >= 4 is 10.0 Å². The van der Waals surface area contributed by atoms with Crippen LogP contribution in [0, 0.1) is 0 Å². The van der Waals surface area contributed by atoms with Crippen molar-refractivity contribution in [3.8, 4) is 0 Å². The van der Waals surface area contributed by atoms with Crippen molar-refractivity contribution in [1.29, 1.82) is 0 Å². The molecule has 0 aromatic heterocycles. The van der Waals surface area contributed by atoms with E-state index in [1.165, 1.54) is 0 Å². The van der Waals surface area contributed by atoms with Crippen LogP contribution in [0.2, 0.25) is 0 Å². The molecule has 0 aromatic carbocycles. The molecule has 16 heavy (non-hydrogen) atoms. The van der Waals surface area contributed by atoms with Gasteiger partial charge in [0.25, 0.3) is 0 Å². The number of sulfonamides is 1. The van der Waals surface area contributed by atoms with Crippen LogP contribution < -0.4 is 5.32 Å². The van der Waals surface area contributed by atoms with Gasteiger partial charge in [-0.2, -0.15) is 4.31 Å². The summed E-state index contributed by atoms with van der Waals surface area (Å²) in [5, 5.41) is 3.03. The summed E-state index contributed by atoms with van der Waals surface area (Å²) in [6.07, 6.45) is 2.36. The Morgan fingerprint density at radius 2 is 1.88 bits per heavy atom. The second kappa shape index (κ2) is 5.98. The lowest BCUT2D eigenvalue weighted by Gasteiger charge is -2.32. The van der Waals surface area contributed by atoms with E-state index in [9.17, 15) is 8.42 Å². The van der Waals surface area contributed by atoms with E-state index in [-0.39, 0.29) is 11.3 Å². The molecule has 0 aromatic rings. The fraction of sp³-hybridized carbons (Fsp3) is 1.00. The minimum atomic E-state index is -3.09. The normalized spacial score (nSPS) is 21.2. The van der Waals surface area contributed by atoms with Crippen molar-refractivity contribution in [2.24, 2.45) is 0 Å². The maximum Gasteiger partial charge on any atom is 0.217 e. The lowest BCUT2D eigenvalue weighted by atomic mass is 10.2. The molecule has 1 saturated heterocycles. The van der Waals surface area contributed by atoms with E-state index in [4.69, 9.17) is 0 Å². The summed E-state index contributed by atoms with van der Waals surface area (Å²) in [4.78, 5) is 0. The standard InChI is InChI=1S/C11H24N2O2S/c1-4-10(3)13(5-2)16(14,15)11-6-8-12-9-7-11/h10-12H,4-9H2,1-3H3. The summed E-state index contributed by atoms with van der Waals surface area (Å²) in [5.41, 5.74) is 0. The van der Waals surface area contributed by atoms with Crippen LogP contribution in [-0.4, -0.2) is 43.6 Å². The molecule has 1 aliphatic heterocycles. The molecular weight excluding hydrogens is 224 g/mol. The van der Waals surface area contributed by atoms with Gasteiger partial charge in [-0.05, 0) is 39.3 Å². The number of nitrogens with one attached hydrogen (secondary N) is 1. The molecule has 1 N–H and O–H groups in total. The average Bonchev–Trinajstić information content (AvgIpc) is 2.30. The molecule has 1 heterocycles. The number of nitrogens with zero attached hydrogens (tertiary/aromatic N) is 1. The molecule has 4 nitrogen and oxygen atoms in total. The van der Waals surface area contributed by atoms with Crippen molar-refractivity contribution in [2.45, 2.75) is 51.3 Å². The first kappa shape index (κ1) is 13.9. The molecule has 1 atom stereocenters. The van der Waals surface area contributed by atoms with Gasteiger partial charge in [0, 0.05) is 12.6 Å². The summed E-state index contributed by atoms with van der Waals surface area (Å²) >= 11 is 0. The average molecular weight is 248 g/mol. The van der Waals surface area contributed by atoms with Gasteiger partial charge in [-0.15, -0.1) is 0 Å². The molecular formula is C11H24N2O2S. The van der Waals surface area contributed by atoms with Gasteiger partial charge in [-0.1, -0.05) is 13.8 Å². The van der Waals surface area contributed by atoms with Gasteiger partial charge in [0.1, 0.15) is 0 Å². The van der Waals surface area contributed by atoms with E-state index in [2.05, 4.69) is 5.32 Å². The Labute approximate surface area is 99.5 Å². The lowest BCUT2D eigenvalue weighted by Crippen LogP contribution is -2.47. The Bertz CT molecular complexity index is 297. The van der Waals surface area contributed by atoms with Crippen LogP contribution >= 0.6 is 0 Å². The van der Waals surface area contributed by atoms with Crippen molar-refractivity contribution in [3.05, 3.63) is 0 Å². The first-order valence-electron chi connectivity index (χ1n) is 6.25. The van der Waals surface area contributed by atoms with Crippen molar-refractivity contribution in [3.63, 3.8) is 0 Å². The van der Waals surface area contributed by atoms with Crippen molar-refractivity contribution < 1.29 is 8.42 Å². The molecule has 0 spiro atoms. The zero-order valence-electron chi connectivity index (χ0n) is 10.6. The number of piperidine rings is 1. The van der Waals surface area contributed by atoms with Crippen LogP contribution in [0.25, 0.3) is 0 Å². The maximum atomic E-state index is 12.4. The maximum absolute atomic E-state index is 12.4. The van der Waals surface area contributed by atoms with Crippen molar-refractivity contribution in [2.75, 3.05) is 19.6 Å². The molecule has 1 aliphatic rings. The van der Waals surface area contributed by atoms with E-state index in [0.29, 0.717) is 6.54 Å². The molecule has 1 unspecified atom stereocenters. The minimum Gasteiger partial charge on any atom is -0.317 e. The highest BCUT2D eigenvalue weighted by atomic mass is 32.2. The fourth-order valence-corrected chi connectivity index (χ4v) is 4.46. The summed E-state index contributed by atoms with van der Waals surface area (Å²) in [5.74, 6) is 0. The summed E-state index contributed by atoms with van der Waals surface area (Å²) in [7, 11) is -3.09. The molecule has 5 heteroatoms. The van der Waals surface area contributed by atoms with E-state index < -0.39 is 10.0 Å². The Kier molecular flexibility index (Phi) is 5.21. The van der Waals surface area contributed by atoms with E-state index in [1.807, 2.05) is 20.8 Å². The van der Waals surface area contributed by atoms with Crippen LogP contribution in [0.4, 0.5) is 0 Å². The Morgan fingerprint density at radius 1 is 1.31 bits per heavy atom. The van der Waals surface area contributed by atoms with Crippen LogP contribution in [0.15, 0.2) is 0 Å². The third-order valence-corrected chi connectivity index (χ3v) is 6.01. The Hall–Kier alpha value is -0.130. The minimum absolute atomic E-state index is 0.116. The monoisotopic (exact) mass is 248 g/mol. The summed E-state index contributed by atoms with van der Waals surface area (Å²) in [6, 6.07) is 0.116. The highest BCUT2D eigenvalue weighted by Crippen LogP contribution is 2.20. The molecule has 0 amide bonds. The zero-order chi connectivity index (χ0) is 12.2. The van der Waals surface area contributed by atoms with Gasteiger partial charge >= 0.3 is 0 Å². The van der Waals surface area contributed by atoms with Crippen LogP contribution in [-0.2, 0) is 10.0 Å². The SMILES string of the molecule is CCC(C)N(CC)S(=O)(=O)C1CCNCC1. The van der Waals surface area contributed by atoms with E-state index in [1.54, 1.807) is 4.31 Å². The molecule has 1 fully saturated rings. The number of rotatable bonds is 5. The largest absolute Gasteiger partial charge is 0.317 e. The smallest absolute Gasteiger partial charge is 0.217 e. The molecule has 0 aliphatic carbocycles. The Balaban J connectivity index is 2.80. The molecule has 0 saturated carbocycles. The molecule has 1 rings (SSSR count). The van der Waals surface area contributed by atoms with Gasteiger partial charge in [0.2, 0.25) is 10.0 Å². The van der Waals surface area contributed by atoms with Gasteiger partial charge in [0.05, 0.1) is 5.25 Å². The van der Waals surface area contributed by atoms with Crippen LogP contribution in [0.5, 0.6) is 0 Å². The van der Waals surface area contributed by atoms with Crippen LogP contribution in [0.3, 0.4) is 0 Å². The van der Waals surface area contributed by atoms with Gasteiger partial charge in [-0.3, -0.25) is 0 Å². The second-order valence-electron chi connectivity index (χ2n) is 4.45. The molecule has 0 bridgehead atoms. The predicted octanol–water partition coefficient (Wildman–Crippen LogP) is 1.19. The Morgan fingerprint density at radius 3 is 2.31 bits per heavy atom. The van der Waals surface area contributed by atoms with E-state index in [0.717, 1.165) is 32.4 Å². The molecule has 0 radical (unpaired) electrons. The zero-order valence-corrected chi connectivity index (χ0v) is 11.4. The first-order chi connectivity index (χ1) is 7.54. The van der Waals surface area contributed by atoms with Crippen molar-refractivity contribution in [1.82, 2.24) is 9.62 Å². The van der Waals surface area contributed by atoms with E-state index >= 15 is 0 Å². The summed E-state index contributed by atoms with van der Waals surface area (Å²) in [6.45, 7) is 8.17. The first-order valence-corrected chi connectivity index (χ1v) is 7.75. The second-order valence-corrected chi connectivity index (χ2v) is 6.62. The number of hydrogen-bond acceptors (Lipinski definition) is 3. The molecule has 96 valence electrons. The predicted molar refractivity (Wildman–Crippen MR) is 66.9 cm³/mol. The fourth-order valence-electron chi connectivity index (χ4n) is 2.23. The van der Waals surface area contributed by atoms with Gasteiger partial charge in [-0.25, -0.2) is 8.42 Å². The van der Waals surface area contributed by atoms with Crippen LogP contribution in [0.1, 0.15) is 40.0 Å². The topological polar surface area (TPSA) is 49.4 Å². The quantitative estimate of drug-likeness (QED) is 0.795.